The smallest absolute Gasteiger partial charge is 0.328 e. The molecule has 2 aromatic rings. The minimum atomic E-state index is -1.12. The van der Waals surface area contributed by atoms with E-state index in [1.165, 1.54) is 30.3 Å². The summed E-state index contributed by atoms with van der Waals surface area (Å²) in [5.74, 6) is -2.18. The zero-order valence-corrected chi connectivity index (χ0v) is 12.1. The Morgan fingerprint density at radius 1 is 0.913 bits per heavy atom. The van der Waals surface area contributed by atoms with Crippen molar-refractivity contribution in [3.63, 3.8) is 0 Å². The summed E-state index contributed by atoms with van der Waals surface area (Å²) in [6.07, 6.45) is 3.01. The molecule has 2 rings (SSSR count). The van der Waals surface area contributed by atoms with E-state index in [0.29, 0.717) is 24.0 Å². The lowest BCUT2D eigenvalue weighted by molar-refractivity contribution is -0.131. The van der Waals surface area contributed by atoms with Crippen molar-refractivity contribution in [1.82, 2.24) is 0 Å². The highest BCUT2D eigenvalue weighted by Crippen LogP contribution is 2.33. The van der Waals surface area contributed by atoms with Crippen LogP contribution in [0.15, 0.2) is 36.4 Å². The minimum absolute atomic E-state index is 0.223. The van der Waals surface area contributed by atoms with Crippen molar-refractivity contribution < 1.29 is 30.3 Å². The molecule has 120 valence electrons. The van der Waals surface area contributed by atoms with Crippen molar-refractivity contribution in [3.8, 4) is 23.0 Å². The SMILES string of the molecule is O=C(O)C=Cc1ccc(O)c(O)c1CCc1ccc(O)c(O)c1. The van der Waals surface area contributed by atoms with Crippen LogP contribution in [0, 0.1) is 0 Å². The lowest BCUT2D eigenvalue weighted by Crippen LogP contribution is -1.96. The second-order valence-corrected chi connectivity index (χ2v) is 5.00. The fraction of sp³-hybridized carbons (Fsp3) is 0.118. The molecule has 2 aromatic carbocycles. The first-order valence-corrected chi connectivity index (χ1v) is 6.84. The highest BCUT2D eigenvalue weighted by molar-refractivity contribution is 5.86. The van der Waals surface area contributed by atoms with E-state index < -0.39 is 5.97 Å². The van der Waals surface area contributed by atoms with Gasteiger partial charge < -0.3 is 25.5 Å². The molecule has 6 nitrogen and oxygen atoms in total. The molecule has 0 saturated heterocycles. The van der Waals surface area contributed by atoms with Gasteiger partial charge in [0, 0.05) is 11.6 Å². The Labute approximate surface area is 132 Å². The van der Waals surface area contributed by atoms with Crippen molar-refractivity contribution in [2.45, 2.75) is 12.8 Å². The number of hydrogen-bond donors (Lipinski definition) is 5. The molecule has 0 bridgehead atoms. The summed E-state index contributed by atoms with van der Waals surface area (Å²) in [5.41, 5.74) is 1.59. The maximum absolute atomic E-state index is 10.6. The first-order chi connectivity index (χ1) is 10.9. The number of carboxylic acid groups (broad SMARTS) is 1. The van der Waals surface area contributed by atoms with Crippen LogP contribution in [-0.4, -0.2) is 31.5 Å². The Hall–Kier alpha value is -3.15. The summed E-state index contributed by atoms with van der Waals surface area (Å²) >= 11 is 0. The molecule has 0 amide bonds. The Bertz CT molecular complexity index is 764. The van der Waals surface area contributed by atoms with Crippen LogP contribution in [0.4, 0.5) is 0 Å². The second-order valence-electron chi connectivity index (χ2n) is 5.00. The predicted octanol–water partition coefficient (Wildman–Crippen LogP) is 2.39. The van der Waals surface area contributed by atoms with Crippen LogP contribution in [0.1, 0.15) is 16.7 Å². The molecule has 0 aliphatic carbocycles. The Morgan fingerprint density at radius 2 is 1.61 bits per heavy atom. The number of carbonyl (C=O) groups is 1. The number of aromatic hydroxyl groups is 4. The van der Waals surface area contributed by atoms with Crippen LogP contribution in [0.25, 0.3) is 6.08 Å². The maximum Gasteiger partial charge on any atom is 0.328 e. The van der Waals surface area contributed by atoms with E-state index in [9.17, 15) is 25.2 Å². The van der Waals surface area contributed by atoms with Gasteiger partial charge in [-0.25, -0.2) is 4.79 Å². The first kappa shape index (κ1) is 16.2. The fourth-order valence-corrected chi connectivity index (χ4v) is 2.21. The van der Waals surface area contributed by atoms with E-state index in [4.69, 9.17) is 5.11 Å². The largest absolute Gasteiger partial charge is 0.504 e. The number of benzene rings is 2. The molecule has 0 aromatic heterocycles. The van der Waals surface area contributed by atoms with Crippen LogP contribution < -0.4 is 0 Å². The van der Waals surface area contributed by atoms with Gasteiger partial charge in [-0.1, -0.05) is 12.1 Å². The van der Waals surface area contributed by atoms with Gasteiger partial charge >= 0.3 is 5.97 Å². The van der Waals surface area contributed by atoms with Crippen LogP contribution in [0.5, 0.6) is 23.0 Å². The molecular formula is C17H16O6. The van der Waals surface area contributed by atoms with Gasteiger partial charge in [-0.2, -0.15) is 0 Å². The Balaban J connectivity index is 2.28. The maximum atomic E-state index is 10.6. The zero-order valence-electron chi connectivity index (χ0n) is 12.1. The van der Waals surface area contributed by atoms with Gasteiger partial charge in [0.15, 0.2) is 23.0 Å². The molecule has 0 unspecified atom stereocenters. The van der Waals surface area contributed by atoms with E-state index in [2.05, 4.69) is 0 Å². The average molecular weight is 316 g/mol. The molecule has 0 aliphatic rings. The summed E-state index contributed by atoms with van der Waals surface area (Å²) in [6, 6.07) is 7.19. The third kappa shape index (κ3) is 3.94. The first-order valence-electron chi connectivity index (χ1n) is 6.84. The van der Waals surface area contributed by atoms with E-state index in [1.807, 2.05) is 0 Å². The summed E-state index contributed by atoms with van der Waals surface area (Å²) in [7, 11) is 0. The summed E-state index contributed by atoms with van der Waals surface area (Å²) < 4.78 is 0. The van der Waals surface area contributed by atoms with Gasteiger partial charge in [-0.05, 0) is 48.2 Å². The quantitative estimate of drug-likeness (QED) is 0.427. The molecule has 0 fully saturated rings. The summed E-state index contributed by atoms with van der Waals surface area (Å²) in [6.45, 7) is 0. The van der Waals surface area contributed by atoms with Gasteiger partial charge in [0.1, 0.15) is 0 Å². The Kier molecular flexibility index (Phi) is 4.75. The molecule has 23 heavy (non-hydrogen) atoms. The number of aliphatic carboxylic acids is 1. The van der Waals surface area contributed by atoms with Crippen LogP contribution >= 0.6 is 0 Å². The molecule has 6 heteroatoms. The summed E-state index contributed by atoms with van der Waals surface area (Å²) in [5, 5.41) is 47.1. The van der Waals surface area contributed by atoms with Crippen LogP contribution in [0.2, 0.25) is 0 Å². The molecule has 0 heterocycles. The van der Waals surface area contributed by atoms with Crippen molar-refractivity contribution in [1.29, 1.82) is 0 Å². The van der Waals surface area contributed by atoms with Gasteiger partial charge in [0.2, 0.25) is 0 Å². The van der Waals surface area contributed by atoms with Gasteiger partial charge in [0.25, 0.3) is 0 Å². The van der Waals surface area contributed by atoms with Crippen molar-refractivity contribution in [2.24, 2.45) is 0 Å². The molecule has 0 aliphatic heterocycles. The predicted molar refractivity (Wildman–Crippen MR) is 83.6 cm³/mol. The molecule has 0 saturated carbocycles. The van der Waals surface area contributed by atoms with Crippen molar-refractivity contribution in [2.75, 3.05) is 0 Å². The lowest BCUT2D eigenvalue weighted by Gasteiger charge is -2.11. The number of hydrogen-bond acceptors (Lipinski definition) is 5. The highest BCUT2D eigenvalue weighted by atomic mass is 16.4. The average Bonchev–Trinajstić information content (AvgIpc) is 2.50. The normalized spacial score (nSPS) is 11.0. The number of aryl methyl sites for hydroxylation is 1. The van der Waals surface area contributed by atoms with Gasteiger partial charge in [-0.3, -0.25) is 0 Å². The molecule has 5 N–H and O–H groups in total. The third-order valence-corrected chi connectivity index (χ3v) is 3.41. The van der Waals surface area contributed by atoms with Crippen molar-refractivity contribution in [3.05, 3.63) is 53.1 Å². The molecule has 0 atom stereocenters. The monoisotopic (exact) mass is 316 g/mol. The van der Waals surface area contributed by atoms with E-state index in [1.54, 1.807) is 6.07 Å². The lowest BCUT2D eigenvalue weighted by atomic mass is 9.97. The highest BCUT2D eigenvalue weighted by Gasteiger charge is 2.12. The second kappa shape index (κ2) is 6.74. The van der Waals surface area contributed by atoms with E-state index in [-0.39, 0.29) is 23.0 Å². The van der Waals surface area contributed by atoms with Crippen LogP contribution in [-0.2, 0) is 17.6 Å². The third-order valence-electron chi connectivity index (χ3n) is 3.41. The van der Waals surface area contributed by atoms with Crippen molar-refractivity contribution >= 4 is 12.0 Å². The molecule has 0 radical (unpaired) electrons. The minimum Gasteiger partial charge on any atom is -0.504 e. The van der Waals surface area contributed by atoms with E-state index >= 15 is 0 Å². The number of carboxylic acids is 1. The molecular weight excluding hydrogens is 300 g/mol. The Morgan fingerprint density at radius 3 is 2.26 bits per heavy atom. The van der Waals surface area contributed by atoms with Crippen LogP contribution in [0.3, 0.4) is 0 Å². The number of phenolic OH excluding ortho intramolecular Hbond substituents is 4. The van der Waals surface area contributed by atoms with Gasteiger partial charge in [-0.15, -0.1) is 0 Å². The zero-order chi connectivity index (χ0) is 17.0. The van der Waals surface area contributed by atoms with Gasteiger partial charge in [0.05, 0.1) is 0 Å². The summed E-state index contributed by atoms with van der Waals surface area (Å²) in [4.78, 5) is 10.6. The standard InChI is InChI=1S/C17H16O6/c18-13-6-2-10(9-15(13)20)1-5-12-11(4-8-16(21)22)3-7-14(19)17(12)23/h2-4,6-9,18-20,23H,1,5H2,(H,21,22). The topological polar surface area (TPSA) is 118 Å². The van der Waals surface area contributed by atoms with E-state index in [0.717, 1.165) is 11.6 Å². The molecule has 0 spiro atoms. The number of phenols is 4. The number of rotatable bonds is 5. The fourth-order valence-electron chi connectivity index (χ4n) is 2.21.